The molecule has 0 fully saturated rings. The van der Waals surface area contributed by atoms with Crippen molar-refractivity contribution in [3.63, 3.8) is 0 Å². The third-order valence-corrected chi connectivity index (χ3v) is 6.09. The third kappa shape index (κ3) is 23.5. The molecule has 0 aromatic carbocycles. The Labute approximate surface area is 200 Å². The van der Waals surface area contributed by atoms with Crippen molar-refractivity contribution in [2.75, 3.05) is 0 Å². The van der Waals surface area contributed by atoms with Crippen molar-refractivity contribution in [1.29, 1.82) is 0 Å². The van der Waals surface area contributed by atoms with Gasteiger partial charge in [-0.25, -0.2) is 0 Å². The maximum absolute atomic E-state index is 12.2. The van der Waals surface area contributed by atoms with Gasteiger partial charge in [-0.3, -0.25) is 9.59 Å². The van der Waals surface area contributed by atoms with Gasteiger partial charge in [0.05, 0.1) is 0 Å². The Bertz CT molecular complexity index is 455. The van der Waals surface area contributed by atoms with Crippen molar-refractivity contribution in [3.8, 4) is 0 Å². The summed E-state index contributed by atoms with van der Waals surface area (Å²) in [6, 6.07) is 0. The standard InChI is InChI=1S/C29H54O3/c1-4-6-8-10-12-14-15-17-19-21-23-25-29(31)32-28(26-27(3)30)24-22-20-18-16-13-11-9-7-5-2/h14-15,28H,4-13,16-26H2,1-3H3/b15-14-/t28-/m1/s1. The van der Waals surface area contributed by atoms with Crippen LogP contribution in [0.3, 0.4) is 0 Å². The topological polar surface area (TPSA) is 43.4 Å². The molecule has 1 atom stereocenters. The molecule has 3 nitrogen and oxygen atoms in total. The smallest absolute Gasteiger partial charge is 0.306 e. The van der Waals surface area contributed by atoms with E-state index in [2.05, 4.69) is 26.0 Å². The minimum atomic E-state index is -0.222. The summed E-state index contributed by atoms with van der Waals surface area (Å²) < 4.78 is 5.65. The molecule has 0 bridgehead atoms. The predicted molar refractivity (Wildman–Crippen MR) is 138 cm³/mol. The van der Waals surface area contributed by atoms with Crippen molar-refractivity contribution < 1.29 is 14.3 Å². The molecule has 0 aromatic heterocycles. The fraction of sp³-hybridized carbons (Fsp3) is 0.862. The van der Waals surface area contributed by atoms with Gasteiger partial charge < -0.3 is 4.74 Å². The van der Waals surface area contributed by atoms with Gasteiger partial charge >= 0.3 is 5.97 Å². The number of ketones is 1. The largest absolute Gasteiger partial charge is 0.462 e. The van der Waals surface area contributed by atoms with E-state index < -0.39 is 0 Å². The quantitative estimate of drug-likeness (QED) is 0.0835. The zero-order valence-corrected chi connectivity index (χ0v) is 21.8. The van der Waals surface area contributed by atoms with Gasteiger partial charge in [-0.2, -0.15) is 0 Å². The number of hydrogen-bond donors (Lipinski definition) is 0. The number of carbonyl (C=O) groups excluding carboxylic acids is 2. The van der Waals surface area contributed by atoms with Gasteiger partial charge in [0.15, 0.2) is 0 Å². The highest BCUT2D eigenvalue weighted by atomic mass is 16.5. The first-order valence-corrected chi connectivity index (χ1v) is 13.9. The molecule has 0 radical (unpaired) electrons. The first-order valence-electron chi connectivity index (χ1n) is 13.9. The second kappa shape index (κ2) is 24.5. The van der Waals surface area contributed by atoms with Crippen LogP contribution >= 0.6 is 0 Å². The molecule has 0 unspecified atom stereocenters. The third-order valence-electron chi connectivity index (χ3n) is 6.09. The van der Waals surface area contributed by atoms with Crippen molar-refractivity contribution >= 4 is 11.8 Å². The predicted octanol–water partition coefficient (Wildman–Crippen LogP) is 9.28. The summed E-state index contributed by atoms with van der Waals surface area (Å²) in [7, 11) is 0. The van der Waals surface area contributed by atoms with Crippen LogP contribution in [-0.4, -0.2) is 17.9 Å². The molecule has 0 rings (SSSR count). The van der Waals surface area contributed by atoms with Crippen LogP contribution in [0.4, 0.5) is 0 Å². The molecule has 0 N–H and O–H groups in total. The molecule has 0 amide bonds. The van der Waals surface area contributed by atoms with E-state index in [1.807, 2.05) is 0 Å². The summed E-state index contributed by atoms with van der Waals surface area (Å²) in [4.78, 5) is 23.8. The van der Waals surface area contributed by atoms with E-state index in [0.29, 0.717) is 12.8 Å². The van der Waals surface area contributed by atoms with Crippen LogP contribution in [0.15, 0.2) is 12.2 Å². The Morgan fingerprint density at radius 1 is 0.656 bits per heavy atom. The SMILES string of the molecule is CCCCCC/C=C\CCCCCC(=O)O[C@H](CCCCCCCCCCC)CC(C)=O. The van der Waals surface area contributed by atoms with Crippen LogP contribution in [0, 0.1) is 0 Å². The van der Waals surface area contributed by atoms with Crippen LogP contribution in [-0.2, 0) is 14.3 Å². The second-order valence-electron chi connectivity index (χ2n) is 9.56. The summed E-state index contributed by atoms with van der Waals surface area (Å²) >= 11 is 0. The fourth-order valence-corrected chi connectivity index (χ4v) is 4.08. The first-order chi connectivity index (χ1) is 15.6. The van der Waals surface area contributed by atoms with Gasteiger partial charge in [0, 0.05) is 12.8 Å². The van der Waals surface area contributed by atoms with Crippen molar-refractivity contribution in [2.24, 2.45) is 0 Å². The Hall–Kier alpha value is -1.12. The molecule has 188 valence electrons. The number of unbranched alkanes of at least 4 members (excludes halogenated alkanes) is 15. The molecule has 0 aliphatic heterocycles. The zero-order chi connectivity index (χ0) is 23.7. The van der Waals surface area contributed by atoms with E-state index in [4.69, 9.17) is 4.74 Å². The number of rotatable bonds is 24. The highest BCUT2D eigenvalue weighted by Gasteiger charge is 2.16. The second-order valence-corrected chi connectivity index (χ2v) is 9.56. The average molecular weight is 451 g/mol. The van der Waals surface area contributed by atoms with E-state index in [1.165, 1.54) is 83.5 Å². The molecule has 0 saturated heterocycles. The lowest BCUT2D eigenvalue weighted by atomic mass is 10.0. The normalized spacial score (nSPS) is 12.3. The van der Waals surface area contributed by atoms with Gasteiger partial charge in [-0.05, 0) is 51.9 Å². The maximum Gasteiger partial charge on any atom is 0.306 e. The summed E-state index contributed by atoms with van der Waals surface area (Å²) in [6.07, 6.45) is 28.2. The minimum Gasteiger partial charge on any atom is -0.462 e. The molecule has 32 heavy (non-hydrogen) atoms. The molecular formula is C29H54O3. The highest BCUT2D eigenvalue weighted by molar-refractivity contribution is 5.76. The Morgan fingerprint density at radius 3 is 1.66 bits per heavy atom. The van der Waals surface area contributed by atoms with E-state index in [9.17, 15) is 9.59 Å². The van der Waals surface area contributed by atoms with Crippen molar-refractivity contribution in [2.45, 2.75) is 162 Å². The minimum absolute atomic E-state index is 0.111. The number of allylic oxidation sites excluding steroid dienone is 2. The molecule has 0 aliphatic rings. The summed E-state index contributed by atoms with van der Waals surface area (Å²) in [5.41, 5.74) is 0. The molecule has 0 heterocycles. The lowest BCUT2D eigenvalue weighted by Crippen LogP contribution is -2.20. The van der Waals surface area contributed by atoms with Crippen LogP contribution in [0.2, 0.25) is 0 Å². The molecular weight excluding hydrogens is 396 g/mol. The zero-order valence-electron chi connectivity index (χ0n) is 21.8. The van der Waals surface area contributed by atoms with E-state index >= 15 is 0 Å². The lowest BCUT2D eigenvalue weighted by Gasteiger charge is -2.17. The van der Waals surface area contributed by atoms with Crippen LogP contribution in [0.1, 0.15) is 156 Å². The molecule has 3 heteroatoms. The number of esters is 1. The Balaban J connectivity index is 3.78. The number of carbonyl (C=O) groups is 2. The molecule has 0 aliphatic carbocycles. The molecule has 0 aromatic rings. The average Bonchev–Trinajstić information content (AvgIpc) is 2.75. The number of Topliss-reactive ketones (excluding diaryl/α,β-unsaturated/α-hetero) is 1. The van der Waals surface area contributed by atoms with Gasteiger partial charge in [-0.1, -0.05) is 103 Å². The van der Waals surface area contributed by atoms with E-state index in [1.54, 1.807) is 6.92 Å². The number of ether oxygens (including phenoxy) is 1. The summed E-state index contributed by atoms with van der Waals surface area (Å²) in [5, 5.41) is 0. The Kier molecular flexibility index (Phi) is 23.7. The summed E-state index contributed by atoms with van der Waals surface area (Å²) in [6.45, 7) is 6.08. The summed E-state index contributed by atoms with van der Waals surface area (Å²) in [5.74, 6) is -0.0150. The molecule has 0 spiro atoms. The van der Waals surface area contributed by atoms with Gasteiger partial charge in [0.25, 0.3) is 0 Å². The van der Waals surface area contributed by atoms with Crippen LogP contribution in [0.5, 0.6) is 0 Å². The monoisotopic (exact) mass is 450 g/mol. The van der Waals surface area contributed by atoms with Crippen molar-refractivity contribution in [1.82, 2.24) is 0 Å². The Morgan fingerprint density at radius 2 is 1.12 bits per heavy atom. The van der Waals surface area contributed by atoms with Crippen LogP contribution in [0.25, 0.3) is 0 Å². The first kappa shape index (κ1) is 30.9. The number of hydrogen-bond acceptors (Lipinski definition) is 3. The van der Waals surface area contributed by atoms with Crippen LogP contribution < -0.4 is 0 Å². The fourth-order valence-electron chi connectivity index (χ4n) is 4.08. The van der Waals surface area contributed by atoms with E-state index in [-0.39, 0.29) is 17.9 Å². The van der Waals surface area contributed by atoms with Gasteiger partial charge in [0.1, 0.15) is 11.9 Å². The highest BCUT2D eigenvalue weighted by Crippen LogP contribution is 2.16. The van der Waals surface area contributed by atoms with Crippen molar-refractivity contribution in [3.05, 3.63) is 12.2 Å². The van der Waals surface area contributed by atoms with Gasteiger partial charge in [-0.15, -0.1) is 0 Å². The van der Waals surface area contributed by atoms with E-state index in [0.717, 1.165) is 38.5 Å². The molecule has 0 saturated carbocycles. The maximum atomic E-state index is 12.2. The lowest BCUT2D eigenvalue weighted by molar-refractivity contribution is -0.150. The van der Waals surface area contributed by atoms with Gasteiger partial charge in [0.2, 0.25) is 0 Å².